The quantitative estimate of drug-likeness (QED) is 0.672. The molecule has 3 heteroatoms. The zero-order valence-electron chi connectivity index (χ0n) is 9.12. The lowest BCUT2D eigenvalue weighted by molar-refractivity contribution is 0.680. The standard InChI is InChI=1S/C13H15BrN2/c14-6-2-7-15-10-11-4-5-13-12(9-11)3-1-8-16-13/h1,3-5,8-9,15H,2,6-7,10H2. The smallest absolute Gasteiger partial charge is 0.0702 e. The molecule has 0 unspecified atom stereocenters. The molecule has 0 radical (unpaired) electrons. The van der Waals surface area contributed by atoms with Crippen LogP contribution in [0.1, 0.15) is 12.0 Å². The largest absolute Gasteiger partial charge is 0.313 e. The van der Waals surface area contributed by atoms with Crippen molar-refractivity contribution in [2.24, 2.45) is 0 Å². The third-order valence-corrected chi connectivity index (χ3v) is 3.04. The number of benzene rings is 1. The van der Waals surface area contributed by atoms with Gasteiger partial charge in [-0.3, -0.25) is 4.98 Å². The Bertz CT molecular complexity index is 456. The van der Waals surface area contributed by atoms with Crippen molar-refractivity contribution in [2.75, 3.05) is 11.9 Å². The van der Waals surface area contributed by atoms with Crippen molar-refractivity contribution in [3.8, 4) is 0 Å². The van der Waals surface area contributed by atoms with Gasteiger partial charge in [-0.25, -0.2) is 0 Å². The van der Waals surface area contributed by atoms with Gasteiger partial charge in [0.25, 0.3) is 0 Å². The average Bonchev–Trinajstić information content (AvgIpc) is 2.34. The zero-order valence-corrected chi connectivity index (χ0v) is 10.7. The van der Waals surface area contributed by atoms with Gasteiger partial charge in [-0.05, 0) is 36.7 Å². The average molecular weight is 279 g/mol. The predicted molar refractivity (Wildman–Crippen MR) is 71.9 cm³/mol. The first-order chi connectivity index (χ1) is 7.90. The van der Waals surface area contributed by atoms with E-state index in [0.717, 1.165) is 30.4 Å². The van der Waals surface area contributed by atoms with E-state index in [2.05, 4.69) is 50.5 Å². The Kier molecular flexibility index (Phi) is 4.31. The molecule has 0 aliphatic carbocycles. The van der Waals surface area contributed by atoms with Gasteiger partial charge < -0.3 is 5.32 Å². The molecule has 0 saturated carbocycles. The molecule has 0 atom stereocenters. The third kappa shape index (κ3) is 3.03. The normalized spacial score (nSPS) is 10.8. The van der Waals surface area contributed by atoms with Gasteiger partial charge in [0.2, 0.25) is 0 Å². The van der Waals surface area contributed by atoms with Crippen LogP contribution in [0.2, 0.25) is 0 Å². The van der Waals surface area contributed by atoms with E-state index in [1.807, 2.05) is 12.3 Å². The second-order valence-corrected chi connectivity index (χ2v) is 4.54. The molecule has 1 heterocycles. The highest BCUT2D eigenvalue weighted by molar-refractivity contribution is 9.09. The number of rotatable bonds is 5. The Morgan fingerprint density at radius 3 is 3.06 bits per heavy atom. The molecule has 0 aliphatic rings. The monoisotopic (exact) mass is 278 g/mol. The molecule has 84 valence electrons. The van der Waals surface area contributed by atoms with Gasteiger partial charge in [-0.15, -0.1) is 0 Å². The number of alkyl halides is 1. The highest BCUT2D eigenvalue weighted by Gasteiger charge is 1.96. The molecule has 0 aliphatic heterocycles. The van der Waals surface area contributed by atoms with Crippen LogP contribution >= 0.6 is 15.9 Å². The van der Waals surface area contributed by atoms with Crippen LogP contribution in [0.3, 0.4) is 0 Å². The summed E-state index contributed by atoms with van der Waals surface area (Å²) in [7, 11) is 0. The molecule has 0 bridgehead atoms. The minimum Gasteiger partial charge on any atom is -0.313 e. The molecule has 0 spiro atoms. The van der Waals surface area contributed by atoms with Crippen molar-refractivity contribution in [3.63, 3.8) is 0 Å². The number of hydrogen-bond donors (Lipinski definition) is 1. The third-order valence-electron chi connectivity index (χ3n) is 2.48. The predicted octanol–water partition coefficient (Wildman–Crippen LogP) is 3.11. The van der Waals surface area contributed by atoms with Gasteiger partial charge >= 0.3 is 0 Å². The van der Waals surface area contributed by atoms with Crippen LogP contribution in [-0.2, 0) is 6.54 Å². The van der Waals surface area contributed by atoms with E-state index in [0.29, 0.717) is 0 Å². The summed E-state index contributed by atoms with van der Waals surface area (Å²) >= 11 is 3.42. The Balaban J connectivity index is 2.02. The molecule has 0 fully saturated rings. The molecule has 1 aromatic heterocycles. The van der Waals surface area contributed by atoms with Crippen molar-refractivity contribution in [1.29, 1.82) is 0 Å². The van der Waals surface area contributed by atoms with E-state index in [1.165, 1.54) is 10.9 Å². The number of hydrogen-bond acceptors (Lipinski definition) is 2. The minimum absolute atomic E-state index is 0.928. The van der Waals surface area contributed by atoms with Crippen molar-refractivity contribution in [3.05, 3.63) is 42.1 Å². The van der Waals surface area contributed by atoms with Gasteiger partial charge in [0.15, 0.2) is 0 Å². The van der Waals surface area contributed by atoms with Crippen molar-refractivity contribution in [1.82, 2.24) is 10.3 Å². The lowest BCUT2D eigenvalue weighted by Crippen LogP contribution is -2.14. The molecule has 2 aromatic rings. The first-order valence-corrected chi connectivity index (χ1v) is 6.62. The number of fused-ring (bicyclic) bond motifs is 1. The molecular weight excluding hydrogens is 264 g/mol. The Morgan fingerprint density at radius 1 is 1.25 bits per heavy atom. The summed E-state index contributed by atoms with van der Waals surface area (Å²) in [5.41, 5.74) is 2.38. The van der Waals surface area contributed by atoms with Gasteiger partial charge in [0.1, 0.15) is 0 Å². The van der Waals surface area contributed by atoms with Crippen LogP contribution in [0.15, 0.2) is 36.5 Å². The van der Waals surface area contributed by atoms with Gasteiger partial charge in [0, 0.05) is 23.5 Å². The van der Waals surface area contributed by atoms with Crippen LogP contribution < -0.4 is 5.32 Å². The number of pyridine rings is 1. The summed E-state index contributed by atoms with van der Waals surface area (Å²) in [6.45, 7) is 1.98. The van der Waals surface area contributed by atoms with Gasteiger partial charge in [-0.2, -0.15) is 0 Å². The van der Waals surface area contributed by atoms with Gasteiger partial charge in [-0.1, -0.05) is 28.1 Å². The lowest BCUT2D eigenvalue weighted by Gasteiger charge is -2.04. The highest BCUT2D eigenvalue weighted by atomic mass is 79.9. The lowest BCUT2D eigenvalue weighted by atomic mass is 10.1. The fraction of sp³-hybridized carbons (Fsp3) is 0.308. The molecule has 2 nitrogen and oxygen atoms in total. The van der Waals surface area contributed by atoms with E-state index >= 15 is 0 Å². The summed E-state index contributed by atoms with van der Waals surface area (Å²) in [4.78, 5) is 4.31. The van der Waals surface area contributed by atoms with Crippen LogP contribution in [-0.4, -0.2) is 16.9 Å². The molecule has 1 aromatic carbocycles. The highest BCUT2D eigenvalue weighted by Crippen LogP contribution is 2.12. The van der Waals surface area contributed by atoms with Crippen molar-refractivity contribution >= 4 is 26.8 Å². The maximum Gasteiger partial charge on any atom is 0.0702 e. The Morgan fingerprint density at radius 2 is 2.19 bits per heavy atom. The molecule has 1 N–H and O–H groups in total. The van der Waals surface area contributed by atoms with Crippen LogP contribution in [0.4, 0.5) is 0 Å². The molecular formula is C13H15BrN2. The number of nitrogens with one attached hydrogen (secondary N) is 1. The van der Waals surface area contributed by atoms with Crippen LogP contribution in [0, 0.1) is 0 Å². The van der Waals surface area contributed by atoms with Crippen LogP contribution in [0.25, 0.3) is 10.9 Å². The summed E-state index contributed by atoms with van der Waals surface area (Å²) in [5.74, 6) is 0. The molecule has 16 heavy (non-hydrogen) atoms. The molecule has 0 saturated heterocycles. The first kappa shape index (κ1) is 11.6. The summed E-state index contributed by atoms with van der Waals surface area (Å²) < 4.78 is 0. The Labute approximate surface area is 104 Å². The fourth-order valence-corrected chi connectivity index (χ4v) is 1.94. The number of nitrogens with zero attached hydrogens (tertiary/aromatic N) is 1. The minimum atomic E-state index is 0.928. The summed E-state index contributed by atoms with van der Waals surface area (Å²) in [6.07, 6.45) is 2.99. The summed E-state index contributed by atoms with van der Waals surface area (Å²) in [5, 5.41) is 5.68. The van der Waals surface area contributed by atoms with Crippen molar-refractivity contribution < 1.29 is 0 Å². The Hall–Kier alpha value is -0.930. The second kappa shape index (κ2) is 5.97. The SMILES string of the molecule is BrCCCNCc1ccc2ncccc2c1. The fourth-order valence-electron chi connectivity index (χ4n) is 1.66. The topological polar surface area (TPSA) is 24.9 Å². The summed E-state index contributed by atoms with van der Waals surface area (Å²) in [6, 6.07) is 10.5. The van der Waals surface area contributed by atoms with Crippen molar-refractivity contribution in [2.45, 2.75) is 13.0 Å². The van der Waals surface area contributed by atoms with E-state index in [1.54, 1.807) is 0 Å². The van der Waals surface area contributed by atoms with E-state index in [-0.39, 0.29) is 0 Å². The second-order valence-electron chi connectivity index (χ2n) is 3.75. The van der Waals surface area contributed by atoms with Crippen LogP contribution in [0.5, 0.6) is 0 Å². The number of halogens is 1. The zero-order chi connectivity index (χ0) is 11.2. The van der Waals surface area contributed by atoms with Gasteiger partial charge in [0.05, 0.1) is 5.52 Å². The first-order valence-electron chi connectivity index (χ1n) is 5.50. The van der Waals surface area contributed by atoms with E-state index in [9.17, 15) is 0 Å². The molecule has 0 amide bonds. The molecule has 2 rings (SSSR count). The van der Waals surface area contributed by atoms with E-state index < -0.39 is 0 Å². The number of aromatic nitrogens is 1. The van der Waals surface area contributed by atoms with E-state index in [4.69, 9.17) is 0 Å². The maximum atomic E-state index is 4.31. The maximum absolute atomic E-state index is 4.31.